The van der Waals surface area contributed by atoms with Gasteiger partial charge in [-0.15, -0.1) is 0 Å². The Kier molecular flexibility index (Phi) is 5.07. The first-order valence-corrected chi connectivity index (χ1v) is 6.89. The van der Waals surface area contributed by atoms with Crippen LogP contribution in [0.15, 0.2) is 29.4 Å². The minimum absolute atomic E-state index is 0.0377. The summed E-state index contributed by atoms with van der Waals surface area (Å²) in [6, 6.07) is 6.25. The maximum atomic E-state index is 11.0. The number of hydrazone groups is 1. The van der Waals surface area contributed by atoms with Crippen LogP contribution in [-0.2, 0) is 0 Å². The van der Waals surface area contributed by atoms with E-state index in [1.807, 2.05) is 0 Å². The molecule has 6 nitrogen and oxygen atoms in total. The highest BCUT2D eigenvalue weighted by Crippen LogP contribution is 2.36. The molecule has 0 unspecified atom stereocenters. The molecule has 0 atom stereocenters. The fraction of sp³-hybridized carbons (Fsp3) is 0. The second-order valence-electron chi connectivity index (χ2n) is 4.02. The number of anilines is 1. The van der Waals surface area contributed by atoms with Crippen molar-refractivity contribution in [2.75, 3.05) is 5.43 Å². The Hall–Kier alpha value is -2.02. The van der Waals surface area contributed by atoms with E-state index in [0.29, 0.717) is 5.56 Å². The van der Waals surface area contributed by atoms with Gasteiger partial charge in [-0.3, -0.25) is 5.43 Å². The lowest BCUT2D eigenvalue weighted by Crippen LogP contribution is -2.05. The summed E-state index contributed by atoms with van der Waals surface area (Å²) in [6.07, 6.45) is 1.43. The summed E-state index contributed by atoms with van der Waals surface area (Å²) in [5.74, 6) is -1.21. The minimum Gasteiger partial charge on any atom is -0.508 e. The van der Waals surface area contributed by atoms with Crippen LogP contribution in [0.5, 0.6) is 5.75 Å². The predicted molar refractivity (Wildman–Crippen MR) is 85.5 cm³/mol. The number of phenolic OH excluding ortho intramolecular Hbond substituents is 1. The number of carboxylic acids is 1. The zero-order chi connectivity index (χ0) is 16.3. The van der Waals surface area contributed by atoms with Crippen molar-refractivity contribution >= 4 is 52.7 Å². The molecular formula is C13H8Cl3N3O3. The molecule has 0 bridgehead atoms. The number of carbonyl (C=O) groups is 1. The number of hydrogen-bond donors (Lipinski definition) is 3. The van der Waals surface area contributed by atoms with Crippen LogP contribution in [0.3, 0.4) is 0 Å². The van der Waals surface area contributed by atoms with Gasteiger partial charge in [0.1, 0.15) is 15.8 Å². The number of phenols is 1. The molecule has 2 aromatic rings. The van der Waals surface area contributed by atoms with Crippen molar-refractivity contribution < 1.29 is 15.0 Å². The molecule has 0 spiro atoms. The third kappa shape index (κ3) is 3.59. The number of carboxylic acid groups (broad SMARTS) is 1. The third-order valence-corrected chi connectivity index (χ3v) is 3.63. The topological polar surface area (TPSA) is 94.8 Å². The van der Waals surface area contributed by atoms with E-state index in [9.17, 15) is 9.90 Å². The van der Waals surface area contributed by atoms with Gasteiger partial charge in [-0.1, -0.05) is 34.8 Å². The van der Waals surface area contributed by atoms with E-state index in [1.54, 1.807) is 12.1 Å². The smallest absolute Gasteiger partial charge is 0.356 e. The van der Waals surface area contributed by atoms with Gasteiger partial charge in [-0.05, 0) is 29.8 Å². The highest BCUT2D eigenvalue weighted by molar-refractivity contribution is 6.46. The van der Waals surface area contributed by atoms with Crippen molar-refractivity contribution in [2.45, 2.75) is 0 Å². The molecule has 22 heavy (non-hydrogen) atoms. The molecule has 114 valence electrons. The number of nitrogens with one attached hydrogen (secondary N) is 1. The quantitative estimate of drug-likeness (QED) is 0.437. The number of aromatic nitrogens is 1. The van der Waals surface area contributed by atoms with E-state index in [-0.39, 0.29) is 26.6 Å². The molecule has 0 radical (unpaired) electrons. The second-order valence-corrected chi connectivity index (χ2v) is 5.13. The predicted octanol–water partition coefficient (Wildman–Crippen LogP) is 3.89. The van der Waals surface area contributed by atoms with E-state index >= 15 is 0 Å². The summed E-state index contributed by atoms with van der Waals surface area (Å²) in [6.45, 7) is 0. The highest BCUT2D eigenvalue weighted by Gasteiger charge is 2.20. The molecular weight excluding hydrogens is 353 g/mol. The van der Waals surface area contributed by atoms with Crippen LogP contribution in [-0.4, -0.2) is 27.4 Å². The molecule has 1 aromatic heterocycles. The van der Waals surface area contributed by atoms with Crippen LogP contribution in [0.25, 0.3) is 0 Å². The standard InChI is InChI=1S/C13H8Cl3N3O3/c14-8-10(9(15)12(16)18-11(8)13(21)22)19-17-5-6-1-3-7(20)4-2-6/h1-5,20H,(H,18,19)(H,21,22)/b17-5+. The van der Waals surface area contributed by atoms with Crippen molar-refractivity contribution in [3.05, 3.63) is 50.7 Å². The average Bonchev–Trinajstić information content (AvgIpc) is 2.48. The van der Waals surface area contributed by atoms with Crippen molar-refractivity contribution in [2.24, 2.45) is 5.10 Å². The lowest BCUT2D eigenvalue weighted by atomic mass is 10.2. The molecule has 0 fully saturated rings. The van der Waals surface area contributed by atoms with E-state index in [4.69, 9.17) is 39.9 Å². The number of halogens is 3. The number of aromatic carboxylic acids is 1. The Morgan fingerprint density at radius 1 is 1.18 bits per heavy atom. The van der Waals surface area contributed by atoms with Crippen LogP contribution in [0.1, 0.15) is 16.1 Å². The lowest BCUT2D eigenvalue weighted by molar-refractivity contribution is 0.0691. The molecule has 0 aliphatic carbocycles. The van der Waals surface area contributed by atoms with Gasteiger partial charge in [0.05, 0.1) is 11.9 Å². The van der Waals surface area contributed by atoms with Gasteiger partial charge in [0, 0.05) is 0 Å². The number of pyridine rings is 1. The highest BCUT2D eigenvalue weighted by atomic mass is 35.5. The van der Waals surface area contributed by atoms with Gasteiger partial charge in [0.25, 0.3) is 0 Å². The maximum Gasteiger partial charge on any atom is 0.356 e. The Labute approximate surface area is 140 Å². The first-order chi connectivity index (χ1) is 10.4. The van der Waals surface area contributed by atoms with E-state index in [2.05, 4.69) is 15.5 Å². The van der Waals surface area contributed by atoms with Crippen LogP contribution < -0.4 is 5.43 Å². The molecule has 9 heteroatoms. The van der Waals surface area contributed by atoms with Crippen LogP contribution in [0, 0.1) is 0 Å². The lowest BCUT2D eigenvalue weighted by Gasteiger charge is -2.09. The zero-order valence-electron chi connectivity index (χ0n) is 10.7. The van der Waals surface area contributed by atoms with Gasteiger partial charge in [-0.2, -0.15) is 5.10 Å². The number of rotatable bonds is 4. The average molecular weight is 361 g/mol. The largest absolute Gasteiger partial charge is 0.508 e. The summed E-state index contributed by atoms with van der Waals surface area (Å²) >= 11 is 17.6. The Balaban J connectivity index is 2.29. The van der Waals surface area contributed by atoms with E-state index in [1.165, 1.54) is 18.3 Å². The molecule has 1 heterocycles. The van der Waals surface area contributed by atoms with Gasteiger partial charge in [0.2, 0.25) is 0 Å². The van der Waals surface area contributed by atoms with Crippen molar-refractivity contribution in [3.63, 3.8) is 0 Å². The summed E-state index contributed by atoms with van der Waals surface area (Å²) in [5, 5.41) is 21.6. The molecule has 0 amide bonds. The summed E-state index contributed by atoms with van der Waals surface area (Å²) in [5.41, 5.74) is 2.83. The Morgan fingerprint density at radius 2 is 1.82 bits per heavy atom. The zero-order valence-corrected chi connectivity index (χ0v) is 13.0. The Bertz CT molecular complexity index is 748. The van der Waals surface area contributed by atoms with Crippen molar-refractivity contribution in [1.82, 2.24) is 4.98 Å². The first-order valence-electron chi connectivity index (χ1n) is 5.76. The molecule has 0 aliphatic rings. The van der Waals surface area contributed by atoms with Gasteiger partial charge >= 0.3 is 5.97 Å². The number of aromatic hydroxyl groups is 1. The first kappa shape index (κ1) is 16.4. The third-order valence-electron chi connectivity index (χ3n) is 2.52. The minimum atomic E-state index is -1.34. The Morgan fingerprint density at radius 3 is 2.41 bits per heavy atom. The van der Waals surface area contributed by atoms with Crippen molar-refractivity contribution in [3.8, 4) is 5.75 Å². The summed E-state index contributed by atoms with van der Waals surface area (Å²) < 4.78 is 0. The van der Waals surface area contributed by atoms with Crippen LogP contribution in [0.4, 0.5) is 5.69 Å². The normalized spacial score (nSPS) is 10.9. The fourth-order valence-electron chi connectivity index (χ4n) is 1.49. The van der Waals surface area contributed by atoms with Crippen molar-refractivity contribution in [1.29, 1.82) is 0 Å². The molecule has 3 N–H and O–H groups in total. The second kappa shape index (κ2) is 6.83. The van der Waals surface area contributed by atoms with Gasteiger partial charge < -0.3 is 10.2 Å². The maximum absolute atomic E-state index is 11.0. The molecule has 1 aromatic carbocycles. The fourth-order valence-corrected chi connectivity index (χ4v) is 2.15. The number of nitrogens with zero attached hydrogens (tertiary/aromatic N) is 2. The number of benzene rings is 1. The molecule has 0 aliphatic heterocycles. The number of hydrogen-bond acceptors (Lipinski definition) is 5. The van der Waals surface area contributed by atoms with E-state index in [0.717, 1.165) is 0 Å². The molecule has 0 saturated heterocycles. The van der Waals surface area contributed by atoms with Crippen LogP contribution in [0.2, 0.25) is 15.2 Å². The monoisotopic (exact) mass is 359 g/mol. The van der Waals surface area contributed by atoms with Crippen LogP contribution >= 0.6 is 34.8 Å². The van der Waals surface area contributed by atoms with E-state index < -0.39 is 11.7 Å². The molecule has 0 saturated carbocycles. The van der Waals surface area contributed by atoms with Gasteiger partial charge in [-0.25, -0.2) is 9.78 Å². The molecule has 2 rings (SSSR count). The van der Waals surface area contributed by atoms with Gasteiger partial charge in [0.15, 0.2) is 10.8 Å². The SMILES string of the molecule is O=C(O)c1nc(Cl)c(Cl)c(N/N=C/c2ccc(O)cc2)c1Cl. The summed E-state index contributed by atoms with van der Waals surface area (Å²) in [4.78, 5) is 14.6. The summed E-state index contributed by atoms with van der Waals surface area (Å²) in [7, 11) is 0.